The molecule has 1 amide bonds. The molecule has 1 atom stereocenters. The molecule has 0 saturated heterocycles. The van der Waals surface area contributed by atoms with Crippen LogP contribution in [0.15, 0.2) is 18.2 Å². The third kappa shape index (κ3) is 3.39. The van der Waals surface area contributed by atoms with Crippen molar-refractivity contribution in [3.63, 3.8) is 0 Å². The fraction of sp³-hybridized carbons (Fsp3) is 0.500. The molecular formula is C14H22N2O2. The van der Waals surface area contributed by atoms with E-state index in [0.29, 0.717) is 30.3 Å². The molecule has 0 bridgehead atoms. The third-order valence-corrected chi connectivity index (χ3v) is 3.17. The second-order valence-corrected chi connectivity index (χ2v) is 4.63. The van der Waals surface area contributed by atoms with Gasteiger partial charge in [0.25, 0.3) is 5.91 Å². The Bertz CT molecular complexity index is 418. The summed E-state index contributed by atoms with van der Waals surface area (Å²) in [6.07, 6.45) is 1.03. The molecular weight excluding hydrogens is 228 g/mol. The van der Waals surface area contributed by atoms with Crippen LogP contribution in [0.25, 0.3) is 0 Å². The van der Waals surface area contributed by atoms with E-state index in [4.69, 9.17) is 5.73 Å². The van der Waals surface area contributed by atoms with Crippen molar-refractivity contribution < 1.29 is 9.90 Å². The molecule has 18 heavy (non-hydrogen) atoms. The van der Waals surface area contributed by atoms with E-state index in [9.17, 15) is 9.90 Å². The van der Waals surface area contributed by atoms with Crippen LogP contribution in [0.5, 0.6) is 5.75 Å². The number of nitrogen functional groups attached to an aromatic ring is 1. The average Bonchev–Trinajstić information content (AvgIpc) is 2.37. The number of phenolic OH excluding ortho intramolecular Hbond substituents is 1. The minimum absolute atomic E-state index is 0.0622. The van der Waals surface area contributed by atoms with Gasteiger partial charge in [-0.3, -0.25) is 4.79 Å². The van der Waals surface area contributed by atoms with Crippen LogP contribution in [-0.4, -0.2) is 29.0 Å². The van der Waals surface area contributed by atoms with Crippen molar-refractivity contribution in [3.05, 3.63) is 23.8 Å². The van der Waals surface area contributed by atoms with E-state index in [1.807, 2.05) is 6.92 Å². The van der Waals surface area contributed by atoms with Gasteiger partial charge in [-0.2, -0.15) is 0 Å². The Balaban J connectivity index is 2.92. The summed E-state index contributed by atoms with van der Waals surface area (Å²) >= 11 is 0. The van der Waals surface area contributed by atoms with Crippen LogP contribution in [-0.2, 0) is 0 Å². The van der Waals surface area contributed by atoms with Crippen molar-refractivity contribution in [2.75, 3.05) is 18.8 Å². The maximum Gasteiger partial charge on any atom is 0.256 e. The van der Waals surface area contributed by atoms with Crippen LogP contribution < -0.4 is 5.73 Å². The van der Waals surface area contributed by atoms with Gasteiger partial charge in [0.15, 0.2) is 0 Å². The Morgan fingerprint density at radius 1 is 1.44 bits per heavy atom. The molecule has 0 spiro atoms. The molecule has 1 aromatic carbocycles. The Kier molecular flexibility index (Phi) is 5.01. The summed E-state index contributed by atoms with van der Waals surface area (Å²) in [6.45, 7) is 7.51. The fourth-order valence-corrected chi connectivity index (χ4v) is 1.76. The zero-order chi connectivity index (χ0) is 13.7. The standard InChI is InChI=1S/C14H22N2O2/c1-4-10(3)9-16(5-2)14(18)12-8-11(17)6-7-13(12)15/h6-8,10,17H,4-5,9,15H2,1-3H3. The first-order valence-corrected chi connectivity index (χ1v) is 6.37. The van der Waals surface area contributed by atoms with E-state index >= 15 is 0 Å². The smallest absolute Gasteiger partial charge is 0.256 e. The number of nitrogens with zero attached hydrogens (tertiary/aromatic N) is 1. The predicted molar refractivity (Wildman–Crippen MR) is 73.6 cm³/mol. The first kappa shape index (κ1) is 14.4. The van der Waals surface area contributed by atoms with Crippen LogP contribution in [0.1, 0.15) is 37.6 Å². The van der Waals surface area contributed by atoms with E-state index in [1.54, 1.807) is 11.0 Å². The zero-order valence-electron chi connectivity index (χ0n) is 11.3. The number of amides is 1. The van der Waals surface area contributed by atoms with Crippen molar-refractivity contribution in [1.29, 1.82) is 0 Å². The first-order chi connectivity index (χ1) is 8.49. The number of aromatic hydroxyl groups is 1. The van der Waals surface area contributed by atoms with Gasteiger partial charge in [-0.25, -0.2) is 0 Å². The second-order valence-electron chi connectivity index (χ2n) is 4.63. The Morgan fingerprint density at radius 2 is 2.11 bits per heavy atom. The molecule has 4 nitrogen and oxygen atoms in total. The maximum absolute atomic E-state index is 12.3. The number of phenols is 1. The molecule has 0 aromatic heterocycles. The molecule has 1 rings (SSSR count). The van der Waals surface area contributed by atoms with Crippen LogP contribution in [0.3, 0.4) is 0 Å². The number of carbonyl (C=O) groups excluding carboxylic acids is 1. The highest BCUT2D eigenvalue weighted by Gasteiger charge is 2.18. The topological polar surface area (TPSA) is 66.6 Å². The monoisotopic (exact) mass is 250 g/mol. The fourth-order valence-electron chi connectivity index (χ4n) is 1.76. The van der Waals surface area contributed by atoms with Gasteiger partial charge in [0.05, 0.1) is 5.56 Å². The molecule has 0 aliphatic rings. The Morgan fingerprint density at radius 3 is 2.67 bits per heavy atom. The SMILES string of the molecule is CCC(C)CN(CC)C(=O)c1cc(O)ccc1N. The largest absolute Gasteiger partial charge is 0.508 e. The molecule has 1 unspecified atom stereocenters. The normalized spacial score (nSPS) is 12.2. The quantitative estimate of drug-likeness (QED) is 0.623. The summed E-state index contributed by atoms with van der Waals surface area (Å²) in [6, 6.07) is 4.47. The number of rotatable bonds is 5. The van der Waals surface area contributed by atoms with Gasteiger partial charge < -0.3 is 15.7 Å². The van der Waals surface area contributed by atoms with Crippen molar-refractivity contribution in [3.8, 4) is 5.75 Å². The highest BCUT2D eigenvalue weighted by atomic mass is 16.3. The summed E-state index contributed by atoms with van der Waals surface area (Å²) in [5.74, 6) is 0.394. The molecule has 0 fully saturated rings. The first-order valence-electron chi connectivity index (χ1n) is 6.37. The number of nitrogens with two attached hydrogens (primary N) is 1. The predicted octanol–water partition coefficient (Wildman–Crippen LogP) is 2.48. The highest BCUT2D eigenvalue weighted by molar-refractivity contribution is 5.99. The summed E-state index contributed by atoms with van der Waals surface area (Å²) in [7, 11) is 0. The van der Waals surface area contributed by atoms with Crippen molar-refractivity contribution in [2.45, 2.75) is 27.2 Å². The van der Waals surface area contributed by atoms with Gasteiger partial charge in [-0.05, 0) is 31.0 Å². The minimum atomic E-state index is -0.119. The van der Waals surface area contributed by atoms with Gasteiger partial charge in [0.2, 0.25) is 0 Å². The van der Waals surface area contributed by atoms with Gasteiger partial charge in [0, 0.05) is 18.8 Å². The van der Waals surface area contributed by atoms with E-state index in [1.165, 1.54) is 12.1 Å². The van der Waals surface area contributed by atoms with Gasteiger partial charge in [-0.15, -0.1) is 0 Å². The highest BCUT2D eigenvalue weighted by Crippen LogP contribution is 2.20. The molecule has 3 N–H and O–H groups in total. The van der Waals surface area contributed by atoms with Crippen LogP contribution in [0.4, 0.5) is 5.69 Å². The van der Waals surface area contributed by atoms with Crippen molar-refractivity contribution in [2.24, 2.45) is 5.92 Å². The molecule has 0 saturated carbocycles. The Hall–Kier alpha value is -1.71. The molecule has 0 aliphatic carbocycles. The lowest BCUT2D eigenvalue weighted by molar-refractivity contribution is 0.0741. The lowest BCUT2D eigenvalue weighted by Crippen LogP contribution is -2.34. The molecule has 4 heteroatoms. The number of benzene rings is 1. The summed E-state index contributed by atoms with van der Waals surface area (Å²) in [5.41, 5.74) is 6.57. The average molecular weight is 250 g/mol. The molecule has 100 valence electrons. The van der Waals surface area contributed by atoms with Crippen molar-refractivity contribution in [1.82, 2.24) is 4.90 Å². The second kappa shape index (κ2) is 6.28. The molecule has 0 radical (unpaired) electrons. The Labute approximate surface area is 108 Å². The van der Waals surface area contributed by atoms with Crippen LogP contribution >= 0.6 is 0 Å². The van der Waals surface area contributed by atoms with E-state index in [-0.39, 0.29) is 11.7 Å². The lowest BCUT2D eigenvalue weighted by Gasteiger charge is -2.24. The summed E-state index contributed by atoms with van der Waals surface area (Å²) < 4.78 is 0. The lowest BCUT2D eigenvalue weighted by atomic mass is 10.1. The summed E-state index contributed by atoms with van der Waals surface area (Å²) in [4.78, 5) is 14.1. The van der Waals surface area contributed by atoms with E-state index in [2.05, 4.69) is 13.8 Å². The van der Waals surface area contributed by atoms with E-state index < -0.39 is 0 Å². The number of hydrogen-bond acceptors (Lipinski definition) is 3. The van der Waals surface area contributed by atoms with Gasteiger partial charge >= 0.3 is 0 Å². The number of carbonyl (C=O) groups is 1. The molecule has 0 heterocycles. The van der Waals surface area contributed by atoms with E-state index in [0.717, 1.165) is 6.42 Å². The van der Waals surface area contributed by atoms with Crippen LogP contribution in [0.2, 0.25) is 0 Å². The van der Waals surface area contributed by atoms with Crippen LogP contribution in [0, 0.1) is 5.92 Å². The molecule has 1 aromatic rings. The minimum Gasteiger partial charge on any atom is -0.508 e. The number of hydrogen-bond donors (Lipinski definition) is 2. The van der Waals surface area contributed by atoms with Gasteiger partial charge in [-0.1, -0.05) is 20.3 Å². The maximum atomic E-state index is 12.3. The zero-order valence-corrected chi connectivity index (χ0v) is 11.3. The summed E-state index contributed by atoms with van der Waals surface area (Å²) in [5, 5.41) is 9.44. The van der Waals surface area contributed by atoms with Crippen molar-refractivity contribution >= 4 is 11.6 Å². The molecule has 0 aliphatic heterocycles. The van der Waals surface area contributed by atoms with Gasteiger partial charge in [0.1, 0.15) is 5.75 Å². The third-order valence-electron chi connectivity index (χ3n) is 3.17. The number of anilines is 1.